The van der Waals surface area contributed by atoms with E-state index < -0.39 is 57.4 Å². The van der Waals surface area contributed by atoms with Crippen molar-refractivity contribution in [1.82, 2.24) is 0 Å². The minimum absolute atomic E-state index is 0.0120. The lowest BCUT2D eigenvalue weighted by molar-refractivity contribution is -0.161. The predicted molar refractivity (Wildman–Crippen MR) is 223 cm³/mol. The van der Waals surface area contributed by atoms with Gasteiger partial charge < -0.3 is 35.4 Å². The van der Waals surface area contributed by atoms with E-state index in [9.17, 15) is 34.4 Å². The monoisotopic (exact) mass is 809 g/mol. The predicted octanol–water partition coefficient (Wildman–Crippen LogP) is 8.18. The van der Waals surface area contributed by atoms with Crippen LogP contribution >= 0.6 is 7.82 Å². The number of nitrogens with two attached hydrogens (primary N) is 1. The maximum Gasteiger partial charge on any atom is 0.472 e. The fourth-order valence-corrected chi connectivity index (χ4v) is 5.67. The van der Waals surface area contributed by atoms with Gasteiger partial charge in [-0.05, 0) is 64.2 Å². The SMILES string of the molecule is CCCCC/C=C\C/C=C\C/C=C\CCCCC(=O)OC[C@H](COP(=O)(O)OCCN)OC(=O)CCC[C@H](O)[C@@H](O)/C=C/C=C/C=C\C=C\[C@@H](O)CCCCC. The molecule has 5 atom stereocenters. The zero-order valence-electron chi connectivity index (χ0n) is 33.9. The molecule has 0 saturated heterocycles. The molecule has 0 aliphatic carbocycles. The molecule has 0 amide bonds. The molecule has 0 radical (unpaired) electrons. The Kier molecular flexibility index (Phi) is 35.7. The van der Waals surface area contributed by atoms with Crippen LogP contribution < -0.4 is 5.73 Å². The highest BCUT2D eigenvalue weighted by Crippen LogP contribution is 2.43. The molecule has 0 fully saturated rings. The van der Waals surface area contributed by atoms with E-state index in [0.29, 0.717) is 6.42 Å². The van der Waals surface area contributed by atoms with Crippen molar-refractivity contribution in [1.29, 1.82) is 0 Å². The third-order valence-corrected chi connectivity index (χ3v) is 9.10. The molecule has 0 aromatic rings. The van der Waals surface area contributed by atoms with Crippen molar-refractivity contribution in [3.63, 3.8) is 0 Å². The number of hydrogen-bond acceptors (Lipinski definition) is 11. The van der Waals surface area contributed by atoms with Crippen LogP contribution in [0.15, 0.2) is 85.1 Å². The van der Waals surface area contributed by atoms with E-state index in [4.69, 9.17) is 24.3 Å². The molecular formula is C43H72NO11P. The molecule has 0 aliphatic heterocycles. The van der Waals surface area contributed by atoms with Gasteiger partial charge in [0.05, 0.1) is 31.5 Å². The molecule has 0 bridgehead atoms. The molecule has 56 heavy (non-hydrogen) atoms. The number of aliphatic hydroxyl groups is 3. The lowest BCUT2D eigenvalue weighted by atomic mass is 10.1. The lowest BCUT2D eigenvalue weighted by Crippen LogP contribution is -2.30. The maximum atomic E-state index is 12.6. The zero-order valence-corrected chi connectivity index (χ0v) is 34.8. The molecular weight excluding hydrogens is 737 g/mol. The summed E-state index contributed by atoms with van der Waals surface area (Å²) in [5.74, 6) is -1.21. The van der Waals surface area contributed by atoms with E-state index >= 15 is 0 Å². The molecule has 0 rings (SSSR count). The first-order valence-corrected chi connectivity index (χ1v) is 21.9. The highest BCUT2D eigenvalue weighted by molar-refractivity contribution is 7.47. The summed E-state index contributed by atoms with van der Waals surface area (Å²) in [4.78, 5) is 34.8. The Hall–Kier alpha value is -2.93. The minimum Gasteiger partial charge on any atom is -0.462 e. The van der Waals surface area contributed by atoms with E-state index in [2.05, 4.69) is 50.3 Å². The Labute approximate surface area is 336 Å². The van der Waals surface area contributed by atoms with Crippen molar-refractivity contribution < 1.29 is 52.9 Å². The lowest BCUT2D eigenvalue weighted by Gasteiger charge is -2.20. The molecule has 0 aromatic carbocycles. The second-order valence-corrected chi connectivity index (χ2v) is 14.8. The Bertz CT molecular complexity index is 1240. The Morgan fingerprint density at radius 2 is 1.23 bits per heavy atom. The number of phosphoric ester groups is 1. The van der Waals surface area contributed by atoms with Gasteiger partial charge in [-0.1, -0.05) is 131 Å². The van der Waals surface area contributed by atoms with Gasteiger partial charge in [-0.2, -0.15) is 0 Å². The van der Waals surface area contributed by atoms with Crippen LogP contribution in [0.3, 0.4) is 0 Å². The van der Waals surface area contributed by atoms with Gasteiger partial charge in [-0.15, -0.1) is 0 Å². The largest absolute Gasteiger partial charge is 0.472 e. The van der Waals surface area contributed by atoms with Crippen LogP contribution in [-0.2, 0) is 32.7 Å². The molecule has 0 heterocycles. The van der Waals surface area contributed by atoms with Crippen molar-refractivity contribution in [2.45, 2.75) is 147 Å². The summed E-state index contributed by atoms with van der Waals surface area (Å²) in [6.45, 7) is 3.11. The number of carbonyl (C=O) groups excluding carboxylic acids is 2. The summed E-state index contributed by atoms with van der Waals surface area (Å²) >= 11 is 0. The third-order valence-electron chi connectivity index (χ3n) is 8.12. The average molecular weight is 810 g/mol. The van der Waals surface area contributed by atoms with Gasteiger partial charge >= 0.3 is 19.8 Å². The highest BCUT2D eigenvalue weighted by Gasteiger charge is 2.26. The van der Waals surface area contributed by atoms with Gasteiger partial charge in [-0.3, -0.25) is 18.6 Å². The molecule has 12 nitrogen and oxygen atoms in total. The van der Waals surface area contributed by atoms with Crippen LogP contribution in [0, 0.1) is 0 Å². The van der Waals surface area contributed by atoms with Crippen molar-refractivity contribution in [3.8, 4) is 0 Å². The standard InChI is InChI=1S/C43H72NO11P/c1-3-5-7-8-9-10-11-12-13-14-15-16-17-22-26-32-42(48)52-36-39(37-54-56(50,51)53-35-34-44)55-43(49)33-27-31-41(47)40(46)30-25-21-19-18-20-24-29-38(45)28-23-6-4-2/h9-10,12-13,15-16,18-21,24-25,29-30,38-41,45-47H,3-8,11,14,17,22-23,26-28,31-37,44H2,1-2H3,(H,50,51)/b10-9-,13-12-,16-15-,20-18-,21-19+,29-24+,30-25+/t38-,39+,40-,41-/m0/s1. The van der Waals surface area contributed by atoms with Gasteiger partial charge in [0.25, 0.3) is 0 Å². The Balaban J connectivity index is 4.63. The number of allylic oxidation sites excluding steroid dienone is 12. The minimum atomic E-state index is -4.49. The van der Waals surface area contributed by atoms with E-state index in [1.54, 1.807) is 42.5 Å². The van der Waals surface area contributed by atoms with Gasteiger partial charge in [-0.25, -0.2) is 4.57 Å². The fourth-order valence-electron chi connectivity index (χ4n) is 4.90. The number of hydrogen-bond donors (Lipinski definition) is 5. The summed E-state index contributed by atoms with van der Waals surface area (Å²) in [6.07, 6.45) is 35.6. The number of esters is 2. The molecule has 0 saturated carbocycles. The normalized spacial score (nSPS) is 15.9. The quantitative estimate of drug-likeness (QED) is 0.0134. The van der Waals surface area contributed by atoms with Crippen LogP contribution in [-0.4, -0.2) is 82.9 Å². The van der Waals surface area contributed by atoms with Crippen molar-refractivity contribution in [3.05, 3.63) is 85.1 Å². The molecule has 1 unspecified atom stereocenters. The van der Waals surface area contributed by atoms with Crippen LogP contribution in [0.25, 0.3) is 0 Å². The highest BCUT2D eigenvalue weighted by atomic mass is 31.2. The Morgan fingerprint density at radius 3 is 1.88 bits per heavy atom. The van der Waals surface area contributed by atoms with Crippen LogP contribution in [0.1, 0.15) is 123 Å². The molecule has 13 heteroatoms. The second-order valence-electron chi connectivity index (χ2n) is 13.4. The fraction of sp³-hybridized carbons (Fsp3) is 0.628. The molecule has 0 aliphatic rings. The summed E-state index contributed by atoms with van der Waals surface area (Å²) in [5, 5.41) is 30.4. The second kappa shape index (κ2) is 37.6. The van der Waals surface area contributed by atoms with Gasteiger partial charge in [0.1, 0.15) is 6.61 Å². The number of rotatable bonds is 36. The number of carbonyl (C=O) groups is 2. The van der Waals surface area contributed by atoms with E-state index in [0.717, 1.165) is 57.8 Å². The Morgan fingerprint density at radius 1 is 0.661 bits per heavy atom. The molecule has 6 N–H and O–H groups in total. The summed E-state index contributed by atoms with van der Waals surface area (Å²) in [6, 6.07) is 0. The summed E-state index contributed by atoms with van der Waals surface area (Å²) in [5.41, 5.74) is 5.31. The van der Waals surface area contributed by atoms with Crippen LogP contribution in [0.4, 0.5) is 0 Å². The topological polar surface area (TPSA) is 195 Å². The number of unbranched alkanes of at least 4 members (excludes halogenated alkanes) is 7. The first-order chi connectivity index (χ1) is 27.0. The van der Waals surface area contributed by atoms with E-state index in [1.807, 2.05) is 0 Å². The zero-order chi connectivity index (χ0) is 41.5. The van der Waals surface area contributed by atoms with Crippen molar-refractivity contribution in [2.75, 3.05) is 26.4 Å². The van der Waals surface area contributed by atoms with Gasteiger partial charge in [0.15, 0.2) is 6.10 Å². The number of aliphatic hydroxyl groups excluding tert-OH is 3. The van der Waals surface area contributed by atoms with E-state index in [-0.39, 0.29) is 38.8 Å². The van der Waals surface area contributed by atoms with Crippen molar-refractivity contribution >= 4 is 19.8 Å². The molecule has 0 aromatic heterocycles. The van der Waals surface area contributed by atoms with E-state index in [1.165, 1.54) is 25.3 Å². The smallest absolute Gasteiger partial charge is 0.462 e. The number of phosphoric acid groups is 1. The average Bonchev–Trinajstić information content (AvgIpc) is 3.17. The van der Waals surface area contributed by atoms with Crippen LogP contribution in [0.2, 0.25) is 0 Å². The van der Waals surface area contributed by atoms with Crippen molar-refractivity contribution in [2.24, 2.45) is 5.73 Å². The van der Waals surface area contributed by atoms with Gasteiger partial charge in [0, 0.05) is 19.4 Å². The first kappa shape index (κ1) is 53.1. The van der Waals surface area contributed by atoms with Crippen LogP contribution in [0.5, 0.6) is 0 Å². The first-order valence-electron chi connectivity index (χ1n) is 20.4. The third kappa shape index (κ3) is 35.5. The summed E-state index contributed by atoms with van der Waals surface area (Å²) < 4.78 is 32.4. The maximum absolute atomic E-state index is 12.6. The molecule has 0 spiro atoms. The molecule has 320 valence electrons. The van der Waals surface area contributed by atoms with Gasteiger partial charge in [0.2, 0.25) is 0 Å². The number of ether oxygens (including phenoxy) is 2. The summed E-state index contributed by atoms with van der Waals surface area (Å²) in [7, 11) is -4.49.